The van der Waals surface area contributed by atoms with Crippen LogP contribution < -0.4 is 0 Å². The maximum Gasteiger partial charge on any atom is 0.269 e. The van der Waals surface area contributed by atoms with Gasteiger partial charge < -0.3 is 0 Å². The summed E-state index contributed by atoms with van der Waals surface area (Å²) in [6.45, 7) is 9.51. The topological polar surface area (TPSA) is 61.0 Å². The molecule has 6 heteroatoms. The molecule has 0 atom stereocenters. The third kappa shape index (κ3) is 4.30. The van der Waals surface area contributed by atoms with Gasteiger partial charge in [0.2, 0.25) is 0 Å². The van der Waals surface area contributed by atoms with Crippen LogP contribution in [0.2, 0.25) is 19.6 Å². The molecule has 1 aromatic carbocycles. The van der Waals surface area contributed by atoms with E-state index in [4.69, 9.17) is 0 Å². The minimum Gasteiger partial charge on any atom is -0.258 e. The summed E-state index contributed by atoms with van der Waals surface area (Å²) >= 11 is 0. The van der Waals surface area contributed by atoms with E-state index in [0.717, 1.165) is 29.8 Å². The average Bonchev–Trinajstić information content (AvgIpc) is 2.88. The summed E-state index contributed by atoms with van der Waals surface area (Å²) in [6.07, 6.45) is 2.77. The molecule has 0 aliphatic heterocycles. The second kappa shape index (κ2) is 6.80. The van der Waals surface area contributed by atoms with E-state index < -0.39 is 13.0 Å². The molecule has 120 valence electrons. The lowest BCUT2D eigenvalue weighted by molar-refractivity contribution is -0.384. The molecule has 2 aromatic rings. The lowest BCUT2D eigenvalue weighted by Gasteiger charge is -2.06. The number of rotatable bonds is 4. The van der Waals surface area contributed by atoms with Crippen molar-refractivity contribution >= 4 is 13.8 Å². The van der Waals surface area contributed by atoms with Crippen molar-refractivity contribution in [3.05, 3.63) is 46.3 Å². The van der Waals surface area contributed by atoms with Crippen LogP contribution in [0.3, 0.4) is 0 Å². The molecule has 0 radical (unpaired) electrons. The number of nitrogens with zero attached hydrogens (tertiary/aromatic N) is 3. The van der Waals surface area contributed by atoms with Crippen molar-refractivity contribution in [3.8, 4) is 22.6 Å². The normalized spacial score (nSPS) is 11.0. The fraction of sp³-hybridized carbons (Fsp3) is 0.353. The van der Waals surface area contributed by atoms with Crippen LogP contribution in [0, 0.1) is 21.6 Å². The SMILES string of the molecule is CCCn1ncc(-c2ccc([N+](=O)[O-])cc2)c1C#C[Si](C)(C)C. The van der Waals surface area contributed by atoms with Crippen LogP contribution in [0.15, 0.2) is 30.5 Å². The van der Waals surface area contributed by atoms with Crippen LogP contribution in [0.25, 0.3) is 11.1 Å². The number of non-ortho nitro benzene ring substituents is 1. The molecule has 0 aliphatic carbocycles. The highest BCUT2D eigenvalue weighted by molar-refractivity contribution is 6.83. The molecule has 0 aliphatic rings. The van der Waals surface area contributed by atoms with Gasteiger partial charge in [0.1, 0.15) is 13.8 Å². The maximum atomic E-state index is 10.8. The third-order valence-electron chi connectivity index (χ3n) is 3.22. The van der Waals surface area contributed by atoms with Crippen LogP contribution in [-0.2, 0) is 6.54 Å². The van der Waals surface area contributed by atoms with Crippen molar-refractivity contribution in [1.82, 2.24) is 9.78 Å². The van der Waals surface area contributed by atoms with Gasteiger partial charge in [-0.3, -0.25) is 14.8 Å². The van der Waals surface area contributed by atoms with Crippen molar-refractivity contribution in [1.29, 1.82) is 0 Å². The zero-order chi connectivity index (χ0) is 17.0. The number of aryl methyl sites for hydroxylation is 1. The summed E-state index contributed by atoms with van der Waals surface area (Å²) in [4.78, 5) is 10.4. The number of nitro groups is 1. The number of benzene rings is 1. The first-order valence-electron chi connectivity index (χ1n) is 7.65. The predicted octanol–water partition coefficient (Wildman–Crippen LogP) is 4.10. The Kier molecular flexibility index (Phi) is 5.01. The van der Waals surface area contributed by atoms with E-state index in [1.165, 1.54) is 12.1 Å². The zero-order valence-electron chi connectivity index (χ0n) is 14.0. The number of aromatic nitrogens is 2. The van der Waals surface area contributed by atoms with Gasteiger partial charge in [0.15, 0.2) is 0 Å². The van der Waals surface area contributed by atoms with Crippen molar-refractivity contribution in [2.45, 2.75) is 39.5 Å². The van der Waals surface area contributed by atoms with Crippen LogP contribution in [0.1, 0.15) is 19.0 Å². The highest BCUT2D eigenvalue weighted by Crippen LogP contribution is 2.25. The van der Waals surface area contributed by atoms with E-state index in [0.29, 0.717) is 0 Å². The highest BCUT2D eigenvalue weighted by atomic mass is 28.3. The Morgan fingerprint density at radius 2 is 1.91 bits per heavy atom. The van der Waals surface area contributed by atoms with Gasteiger partial charge in [-0.2, -0.15) is 5.10 Å². The number of hydrogen-bond acceptors (Lipinski definition) is 3. The van der Waals surface area contributed by atoms with E-state index in [2.05, 4.69) is 43.1 Å². The van der Waals surface area contributed by atoms with Gasteiger partial charge in [-0.05, 0) is 24.1 Å². The molecule has 2 rings (SSSR count). The van der Waals surface area contributed by atoms with Gasteiger partial charge in [0, 0.05) is 24.2 Å². The first kappa shape index (κ1) is 17.0. The van der Waals surface area contributed by atoms with E-state index in [-0.39, 0.29) is 5.69 Å². The van der Waals surface area contributed by atoms with Gasteiger partial charge in [0.25, 0.3) is 5.69 Å². The van der Waals surface area contributed by atoms with Gasteiger partial charge in [-0.15, -0.1) is 5.54 Å². The minimum atomic E-state index is -1.50. The molecule has 5 nitrogen and oxygen atoms in total. The van der Waals surface area contributed by atoms with Crippen LogP contribution in [0.5, 0.6) is 0 Å². The standard InChI is InChI=1S/C17H21N3O2Si/c1-5-11-19-17(10-12-23(2,3)4)16(13-18-19)14-6-8-15(9-7-14)20(21)22/h6-9,13H,5,11H2,1-4H3. The Morgan fingerprint density at radius 1 is 1.26 bits per heavy atom. The summed E-state index contributed by atoms with van der Waals surface area (Å²) in [5.41, 5.74) is 6.19. The highest BCUT2D eigenvalue weighted by Gasteiger charge is 2.14. The summed E-state index contributed by atoms with van der Waals surface area (Å²) < 4.78 is 1.92. The minimum absolute atomic E-state index is 0.0874. The van der Waals surface area contributed by atoms with Crippen LogP contribution in [-0.4, -0.2) is 22.8 Å². The molecular formula is C17H21N3O2Si. The van der Waals surface area contributed by atoms with E-state index >= 15 is 0 Å². The lowest BCUT2D eigenvalue weighted by atomic mass is 10.1. The third-order valence-corrected chi connectivity index (χ3v) is 4.09. The molecule has 0 bridgehead atoms. The smallest absolute Gasteiger partial charge is 0.258 e. The Bertz CT molecular complexity index is 762. The van der Waals surface area contributed by atoms with Crippen LogP contribution in [0.4, 0.5) is 5.69 Å². The second-order valence-corrected chi connectivity index (χ2v) is 11.2. The van der Waals surface area contributed by atoms with Crippen LogP contribution >= 0.6 is 0 Å². The molecule has 0 N–H and O–H groups in total. The molecule has 23 heavy (non-hydrogen) atoms. The van der Waals surface area contributed by atoms with Crippen molar-refractivity contribution in [3.63, 3.8) is 0 Å². The second-order valence-electron chi connectivity index (χ2n) is 6.43. The number of hydrogen-bond donors (Lipinski definition) is 0. The quantitative estimate of drug-likeness (QED) is 0.368. The Hall–Kier alpha value is -2.39. The molecule has 0 unspecified atom stereocenters. The van der Waals surface area contributed by atoms with E-state index in [1.807, 2.05) is 4.68 Å². The Labute approximate surface area is 137 Å². The zero-order valence-corrected chi connectivity index (χ0v) is 15.0. The summed E-state index contributed by atoms with van der Waals surface area (Å²) in [6, 6.07) is 6.54. The van der Waals surface area contributed by atoms with Crippen molar-refractivity contribution < 1.29 is 4.92 Å². The largest absolute Gasteiger partial charge is 0.269 e. The first-order chi connectivity index (χ1) is 10.8. The summed E-state index contributed by atoms with van der Waals surface area (Å²) in [5, 5.41) is 15.2. The molecule has 0 fully saturated rings. The summed E-state index contributed by atoms with van der Waals surface area (Å²) in [5.74, 6) is 3.30. The first-order valence-corrected chi connectivity index (χ1v) is 11.2. The molecule has 0 saturated heterocycles. The lowest BCUT2D eigenvalue weighted by Crippen LogP contribution is -2.16. The predicted molar refractivity (Wildman–Crippen MR) is 94.8 cm³/mol. The van der Waals surface area contributed by atoms with Crippen molar-refractivity contribution in [2.24, 2.45) is 0 Å². The Balaban J connectivity index is 2.49. The van der Waals surface area contributed by atoms with Gasteiger partial charge in [0.05, 0.1) is 11.1 Å². The molecule has 0 amide bonds. The monoisotopic (exact) mass is 327 g/mol. The van der Waals surface area contributed by atoms with Gasteiger partial charge >= 0.3 is 0 Å². The number of nitro benzene ring substituents is 1. The molecule has 0 spiro atoms. The summed E-state index contributed by atoms with van der Waals surface area (Å²) in [7, 11) is -1.50. The van der Waals surface area contributed by atoms with Gasteiger partial charge in [-0.25, -0.2) is 0 Å². The van der Waals surface area contributed by atoms with E-state index in [1.54, 1.807) is 18.3 Å². The fourth-order valence-electron chi connectivity index (χ4n) is 2.12. The average molecular weight is 327 g/mol. The Morgan fingerprint density at radius 3 is 2.43 bits per heavy atom. The fourth-order valence-corrected chi connectivity index (χ4v) is 2.61. The molecular weight excluding hydrogens is 306 g/mol. The van der Waals surface area contributed by atoms with E-state index in [9.17, 15) is 10.1 Å². The maximum absolute atomic E-state index is 10.8. The molecule has 1 aromatic heterocycles. The molecule has 0 saturated carbocycles. The molecule has 1 heterocycles. The van der Waals surface area contributed by atoms with Gasteiger partial charge in [-0.1, -0.05) is 32.5 Å². The van der Waals surface area contributed by atoms with Crippen molar-refractivity contribution in [2.75, 3.05) is 0 Å².